The van der Waals surface area contributed by atoms with Gasteiger partial charge in [-0.2, -0.15) is 0 Å². The highest BCUT2D eigenvalue weighted by Crippen LogP contribution is 2.66. The number of carbonyl (C=O) groups is 2. The zero-order valence-corrected chi connectivity index (χ0v) is 12.7. The smallest absolute Gasteiger partial charge is 0.320 e. The zero-order valence-electron chi connectivity index (χ0n) is 12.7. The monoisotopic (exact) mass is 280 g/mol. The minimum absolute atomic E-state index is 0.0628. The number of hydrogen-bond donors (Lipinski definition) is 1. The Morgan fingerprint density at radius 1 is 1.50 bits per heavy atom. The summed E-state index contributed by atoms with van der Waals surface area (Å²) in [5.41, 5.74) is -2.97. The van der Waals surface area contributed by atoms with Gasteiger partial charge >= 0.3 is 5.97 Å². The fraction of sp³-hybridized carbons (Fsp3) is 0.750. The van der Waals surface area contributed by atoms with Crippen molar-refractivity contribution in [1.82, 2.24) is 0 Å². The molecule has 0 aliphatic heterocycles. The standard InChI is InChI=1S/C16H24O4/c1-6-15(19)9-12(17)16(13(18)20-5)10(2)7-8-14(16,4)11(15)3/h6,10-11,19H,1,7-9H2,2-5H3/t10-,11+,14+,15-,16-/m1/s1. The van der Waals surface area contributed by atoms with E-state index in [0.29, 0.717) is 0 Å². The van der Waals surface area contributed by atoms with Crippen molar-refractivity contribution in [2.45, 2.75) is 45.6 Å². The first-order valence-corrected chi connectivity index (χ1v) is 7.18. The number of carbonyl (C=O) groups excluding carboxylic acids is 2. The van der Waals surface area contributed by atoms with Gasteiger partial charge in [0.05, 0.1) is 12.7 Å². The van der Waals surface area contributed by atoms with Gasteiger partial charge in [-0.15, -0.1) is 6.58 Å². The van der Waals surface area contributed by atoms with Gasteiger partial charge in [-0.3, -0.25) is 9.59 Å². The second-order valence-corrected chi connectivity index (χ2v) is 6.67. The van der Waals surface area contributed by atoms with Crippen LogP contribution in [0, 0.1) is 22.7 Å². The molecule has 0 amide bonds. The van der Waals surface area contributed by atoms with E-state index in [4.69, 9.17) is 4.74 Å². The van der Waals surface area contributed by atoms with E-state index in [0.717, 1.165) is 12.8 Å². The maximum atomic E-state index is 12.8. The zero-order chi connectivity index (χ0) is 15.3. The van der Waals surface area contributed by atoms with Crippen molar-refractivity contribution < 1.29 is 19.4 Å². The molecule has 4 nitrogen and oxygen atoms in total. The molecule has 2 aliphatic rings. The molecule has 0 aromatic carbocycles. The van der Waals surface area contributed by atoms with E-state index in [1.54, 1.807) is 0 Å². The molecule has 2 saturated carbocycles. The molecular formula is C16H24O4. The molecule has 112 valence electrons. The first-order chi connectivity index (χ1) is 9.20. The van der Waals surface area contributed by atoms with Gasteiger partial charge in [-0.1, -0.05) is 26.8 Å². The average molecular weight is 280 g/mol. The molecule has 0 aromatic heterocycles. The molecule has 0 saturated heterocycles. The summed E-state index contributed by atoms with van der Waals surface area (Å²) in [5, 5.41) is 10.7. The van der Waals surface area contributed by atoms with Crippen molar-refractivity contribution in [2.24, 2.45) is 22.7 Å². The summed E-state index contributed by atoms with van der Waals surface area (Å²) >= 11 is 0. The van der Waals surface area contributed by atoms with Crippen LogP contribution in [0.15, 0.2) is 12.7 Å². The summed E-state index contributed by atoms with van der Waals surface area (Å²) in [5.74, 6) is -0.955. The Morgan fingerprint density at radius 3 is 2.60 bits per heavy atom. The Hall–Kier alpha value is -1.16. The second kappa shape index (κ2) is 4.42. The number of esters is 1. The summed E-state index contributed by atoms with van der Waals surface area (Å²) in [6.07, 6.45) is 2.90. The second-order valence-electron chi connectivity index (χ2n) is 6.67. The van der Waals surface area contributed by atoms with E-state index in [-0.39, 0.29) is 24.0 Å². The summed E-state index contributed by atoms with van der Waals surface area (Å²) < 4.78 is 4.98. The molecule has 20 heavy (non-hydrogen) atoms. The molecule has 2 fully saturated rings. The molecule has 0 heterocycles. The highest BCUT2D eigenvalue weighted by molar-refractivity contribution is 6.06. The van der Waals surface area contributed by atoms with E-state index in [1.807, 2.05) is 20.8 Å². The number of ketones is 1. The van der Waals surface area contributed by atoms with E-state index in [2.05, 4.69) is 6.58 Å². The largest absolute Gasteiger partial charge is 0.468 e. The lowest BCUT2D eigenvalue weighted by molar-refractivity contribution is -0.188. The van der Waals surface area contributed by atoms with E-state index < -0.39 is 22.4 Å². The van der Waals surface area contributed by atoms with Gasteiger partial charge < -0.3 is 9.84 Å². The third-order valence-electron chi connectivity index (χ3n) is 6.19. The number of aliphatic hydroxyl groups is 1. The number of Topliss-reactive ketones (excluding diaryl/α,β-unsaturated/α-hetero) is 1. The van der Waals surface area contributed by atoms with E-state index in [9.17, 15) is 14.7 Å². The first kappa shape index (κ1) is 15.2. The Balaban J connectivity index is 2.66. The van der Waals surface area contributed by atoms with Crippen molar-refractivity contribution in [2.75, 3.05) is 7.11 Å². The van der Waals surface area contributed by atoms with Crippen molar-refractivity contribution in [3.8, 4) is 0 Å². The molecule has 4 heteroatoms. The minimum atomic E-state index is -1.24. The normalized spacial score (nSPS) is 47.8. The van der Waals surface area contributed by atoms with Crippen LogP contribution in [0.4, 0.5) is 0 Å². The Morgan fingerprint density at radius 2 is 2.10 bits per heavy atom. The topological polar surface area (TPSA) is 63.6 Å². The van der Waals surface area contributed by atoms with Crippen LogP contribution in [0.25, 0.3) is 0 Å². The van der Waals surface area contributed by atoms with Crippen LogP contribution in [-0.2, 0) is 14.3 Å². The summed E-state index contributed by atoms with van der Waals surface area (Å²) in [6, 6.07) is 0. The number of hydrogen-bond acceptors (Lipinski definition) is 4. The fourth-order valence-electron chi connectivity index (χ4n) is 4.70. The Bertz CT molecular complexity index is 471. The quantitative estimate of drug-likeness (QED) is 0.478. The molecule has 0 spiro atoms. The highest BCUT2D eigenvalue weighted by atomic mass is 16.5. The van der Waals surface area contributed by atoms with Crippen molar-refractivity contribution in [3.05, 3.63) is 12.7 Å². The first-order valence-electron chi connectivity index (χ1n) is 7.18. The van der Waals surface area contributed by atoms with Gasteiger partial charge in [0.25, 0.3) is 0 Å². The van der Waals surface area contributed by atoms with Gasteiger partial charge in [0.15, 0.2) is 5.78 Å². The van der Waals surface area contributed by atoms with Crippen LogP contribution in [-0.4, -0.2) is 29.6 Å². The summed E-state index contributed by atoms with van der Waals surface area (Å²) in [4.78, 5) is 25.3. The van der Waals surface area contributed by atoms with Crippen molar-refractivity contribution in [3.63, 3.8) is 0 Å². The number of ether oxygens (including phenoxy) is 1. The van der Waals surface area contributed by atoms with E-state index in [1.165, 1.54) is 13.2 Å². The molecule has 1 N–H and O–H groups in total. The molecule has 0 bridgehead atoms. The predicted molar refractivity (Wildman–Crippen MR) is 74.9 cm³/mol. The minimum Gasteiger partial charge on any atom is -0.468 e. The lowest BCUT2D eigenvalue weighted by atomic mass is 9.48. The number of methoxy groups -OCH3 is 1. The van der Waals surface area contributed by atoms with Crippen LogP contribution >= 0.6 is 0 Å². The molecule has 0 aromatic rings. The van der Waals surface area contributed by atoms with E-state index >= 15 is 0 Å². The lowest BCUT2D eigenvalue weighted by Crippen LogP contribution is -2.64. The number of rotatable bonds is 2. The number of fused-ring (bicyclic) bond motifs is 1. The van der Waals surface area contributed by atoms with Crippen molar-refractivity contribution in [1.29, 1.82) is 0 Å². The van der Waals surface area contributed by atoms with Crippen LogP contribution in [0.5, 0.6) is 0 Å². The van der Waals surface area contributed by atoms with Crippen LogP contribution < -0.4 is 0 Å². The van der Waals surface area contributed by atoms with Crippen LogP contribution in [0.3, 0.4) is 0 Å². The van der Waals surface area contributed by atoms with Crippen LogP contribution in [0.1, 0.15) is 40.0 Å². The molecular weight excluding hydrogens is 256 g/mol. The Labute approximate surface area is 120 Å². The highest BCUT2D eigenvalue weighted by Gasteiger charge is 2.72. The third kappa shape index (κ3) is 1.46. The third-order valence-corrected chi connectivity index (χ3v) is 6.19. The van der Waals surface area contributed by atoms with Gasteiger partial charge in [0.1, 0.15) is 5.41 Å². The summed E-state index contributed by atoms with van der Waals surface area (Å²) in [7, 11) is 1.33. The predicted octanol–water partition coefficient (Wildman–Crippen LogP) is 2.11. The SMILES string of the molecule is C=C[C@@]1(O)CC(=O)[C@@]2(C(=O)OC)[C@H](C)CC[C@@]2(C)[C@@H]1C. The maximum absolute atomic E-state index is 12.8. The van der Waals surface area contributed by atoms with Crippen molar-refractivity contribution >= 4 is 11.8 Å². The van der Waals surface area contributed by atoms with Gasteiger partial charge in [-0.05, 0) is 30.1 Å². The van der Waals surface area contributed by atoms with Gasteiger partial charge in [-0.25, -0.2) is 0 Å². The van der Waals surface area contributed by atoms with Gasteiger partial charge in [0, 0.05) is 6.42 Å². The fourth-order valence-corrected chi connectivity index (χ4v) is 4.70. The van der Waals surface area contributed by atoms with Gasteiger partial charge in [0.2, 0.25) is 0 Å². The molecule has 2 aliphatic carbocycles. The summed E-state index contributed by atoms with van der Waals surface area (Å²) in [6.45, 7) is 9.45. The molecule has 2 rings (SSSR count). The molecule has 5 atom stereocenters. The molecule has 0 unspecified atom stereocenters. The van der Waals surface area contributed by atoms with Crippen LogP contribution in [0.2, 0.25) is 0 Å². The average Bonchev–Trinajstić information content (AvgIpc) is 2.70. The Kier molecular flexibility index (Phi) is 3.36. The maximum Gasteiger partial charge on any atom is 0.320 e. The molecule has 0 radical (unpaired) electrons. The lowest BCUT2D eigenvalue weighted by Gasteiger charge is -2.55.